The van der Waals surface area contributed by atoms with Gasteiger partial charge >= 0.3 is 0 Å². The zero-order valence-corrected chi connectivity index (χ0v) is 19.0. The number of carbonyl (C=O) groups excluding carboxylic acids is 2. The Morgan fingerprint density at radius 2 is 1.75 bits per heavy atom. The summed E-state index contributed by atoms with van der Waals surface area (Å²) < 4.78 is 0. The Morgan fingerprint density at radius 3 is 2.59 bits per heavy atom. The molecular weight excluding hydrogens is 444 g/mol. The third-order valence-corrected chi connectivity index (χ3v) is 11.4. The summed E-state index contributed by atoms with van der Waals surface area (Å²) in [5.41, 5.74) is 2.59. The number of fused-ring (bicyclic) bond motifs is 6. The van der Waals surface area contributed by atoms with Crippen LogP contribution in [0.2, 0.25) is 0 Å². The highest BCUT2D eigenvalue weighted by Crippen LogP contribution is 2.69. The van der Waals surface area contributed by atoms with Crippen molar-refractivity contribution in [3.8, 4) is 0 Å². The molecular formula is C23H20N4O3S2. The summed E-state index contributed by atoms with van der Waals surface area (Å²) in [6.45, 7) is 1.79. The van der Waals surface area contributed by atoms with E-state index in [2.05, 4.69) is 10.3 Å². The number of aliphatic hydroxyl groups excluding tert-OH is 1. The van der Waals surface area contributed by atoms with Gasteiger partial charge in [0.05, 0.1) is 5.41 Å². The van der Waals surface area contributed by atoms with E-state index in [0.29, 0.717) is 0 Å². The molecule has 5 aliphatic rings. The SMILES string of the molecule is CN1C(=O)[C@@]23SS[C@]1(C)C(=O)N2[C@H]1Nc2ccccc2[C@@]1(c1c[nH]c2ccccc12)[C@@H]3O. The van der Waals surface area contributed by atoms with E-state index < -0.39 is 27.4 Å². The zero-order valence-electron chi connectivity index (χ0n) is 17.3. The average Bonchev–Trinajstić information content (AvgIpc) is 3.43. The van der Waals surface area contributed by atoms with Crippen LogP contribution in [-0.2, 0) is 15.0 Å². The molecule has 6 heterocycles. The summed E-state index contributed by atoms with van der Waals surface area (Å²) in [6.07, 6.45) is 0.174. The number of nitrogens with zero attached hydrogens (tertiary/aromatic N) is 2. The predicted octanol–water partition coefficient (Wildman–Crippen LogP) is 2.69. The Morgan fingerprint density at radius 1 is 1.00 bits per heavy atom. The number of aliphatic hydroxyl groups is 1. The van der Waals surface area contributed by atoms with Crippen LogP contribution >= 0.6 is 21.6 Å². The third kappa shape index (κ3) is 1.72. The van der Waals surface area contributed by atoms with E-state index in [1.54, 1.807) is 18.9 Å². The number of aromatic nitrogens is 1. The number of para-hydroxylation sites is 2. The summed E-state index contributed by atoms with van der Waals surface area (Å²) in [7, 11) is 4.34. The van der Waals surface area contributed by atoms with Crippen molar-refractivity contribution in [3.63, 3.8) is 0 Å². The first-order valence-corrected chi connectivity index (χ1v) is 12.6. The van der Waals surface area contributed by atoms with Crippen molar-refractivity contribution >= 4 is 50.0 Å². The number of rotatable bonds is 1. The van der Waals surface area contributed by atoms with Gasteiger partial charge in [-0.3, -0.25) is 14.5 Å². The number of carbonyl (C=O) groups is 2. The van der Waals surface area contributed by atoms with Crippen molar-refractivity contribution in [1.29, 1.82) is 0 Å². The highest BCUT2D eigenvalue weighted by Gasteiger charge is 2.82. The lowest BCUT2D eigenvalue weighted by Crippen LogP contribution is -2.77. The van der Waals surface area contributed by atoms with Crippen LogP contribution in [0, 0.1) is 0 Å². The fourth-order valence-corrected chi connectivity index (χ4v) is 9.63. The fourth-order valence-electron chi connectivity index (χ4n) is 6.08. The molecule has 162 valence electrons. The maximum atomic E-state index is 13.9. The Bertz CT molecular complexity index is 1360. The molecule has 3 aromatic rings. The second-order valence-electron chi connectivity index (χ2n) is 9.00. The molecule has 2 bridgehead atoms. The summed E-state index contributed by atoms with van der Waals surface area (Å²) in [5, 5.41) is 16.7. The van der Waals surface area contributed by atoms with Crippen molar-refractivity contribution in [2.24, 2.45) is 0 Å². The molecule has 0 aliphatic carbocycles. The van der Waals surface area contributed by atoms with Gasteiger partial charge in [-0.1, -0.05) is 47.2 Å². The van der Waals surface area contributed by atoms with Gasteiger partial charge in [0.25, 0.3) is 11.8 Å². The van der Waals surface area contributed by atoms with Crippen molar-refractivity contribution < 1.29 is 14.7 Å². The number of nitrogens with one attached hydrogen (secondary N) is 2. The maximum Gasteiger partial charge on any atom is 0.264 e. The second-order valence-corrected chi connectivity index (χ2v) is 11.7. The molecule has 0 radical (unpaired) electrons. The van der Waals surface area contributed by atoms with Crippen LogP contribution in [0.3, 0.4) is 0 Å². The van der Waals surface area contributed by atoms with Crippen molar-refractivity contribution in [1.82, 2.24) is 14.8 Å². The first kappa shape index (κ1) is 18.9. The van der Waals surface area contributed by atoms with Gasteiger partial charge < -0.3 is 20.3 Å². The molecule has 5 atom stereocenters. The number of piperazine rings is 1. The first-order valence-electron chi connectivity index (χ1n) is 10.5. The Kier molecular flexibility index (Phi) is 3.34. The molecule has 1 aromatic heterocycles. The first-order chi connectivity index (χ1) is 15.4. The van der Waals surface area contributed by atoms with E-state index in [0.717, 1.165) is 27.7 Å². The van der Waals surface area contributed by atoms with Crippen LogP contribution < -0.4 is 5.32 Å². The lowest BCUT2D eigenvalue weighted by molar-refractivity contribution is -0.166. The van der Waals surface area contributed by atoms with Gasteiger partial charge in [0.15, 0.2) is 4.87 Å². The van der Waals surface area contributed by atoms with Crippen LogP contribution in [0.25, 0.3) is 10.9 Å². The minimum atomic E-state index is -1.40. The molecule has 2 amide bonds. The fraction of sp³-hybridized carbons (Fsp3) is 0.304. The maximum absolute atomic E-state index is 13.9. The molecule has 0 saturated carbocycles. The van der Waals surface area contributed by atoms with E-state index in [1.165, 1.54) is 26.5 Å². The summed E-state index contributed by atoms with van der Waals surface area (Å²) in [6, 6.07) is 15.8. The van der Waals surface area contributed by atoms with Gasteiger partial charge in [-0.15, -0.1) is 0 Å². The Labute approximate surface area is 191 Å². The van der Waals surface area contributed by atoms with E-state index in [9.17, 15) is 14.7 Å². The molecule has 7 nitrogen and oxygen atoms in total. The number of benzene rings is 2. The summed E-state index contributed by atoms with van der Waals surface area (Å²) in [5.74, 6) is -0.391. The molecule has 4 fully saturated rings. The molecule has 9 heteroatoms. The number of amides is 2. The molecule has 8 rings (SSSR count). The third-order valence-electron chi connectivity index (χ3n) is 7.75. The smallest absolute Gasteiger partial charge is 0.264 e. The van der Waals surface area contributed by atoms with Gasteiger partial charge in [-0.2, -0.15) is 0 Å². The van der Waals surface area contributed by atoms with Gasteiger partial charge in [-0.05, 0) is 41.0 Å². The Balaban J connectivity index is 1.59. The quantitative estimate of drug-likeness (QED) is 0.480. The van der Waals surface area contributed by atoms with Crippen LogP contribution in [0.15, 0.2) is 54.7 Å². The zero-order chi connectivity index (χ0) is 22.0. The average molecular weight is 465 g/mol. The van der Waals surface area contributed by atoms with Crippen molar-refractivity contribution in [2.75, 3.05) is 12.4 Å². The van der Waals surface area contributed by atoms with Gasteiger partial charge in [0, 0.05) is 29.8 Å². The molecule has 5 aliphatic heterocycles. The molecule has 0 unspecified atom stereocenters. The van der Waals surface area contributed by atoms with E-state index in [-0.39, 0.29) is 11.8 Å². The van der Waals surface area contributed by atoms with E-state index in [1.807, 2.05) is 54.7 Å². The number of hydrogen-bond acceptors (Lipinski definition) is 6. The number of H-pyrrole nitrogens is 1. The highest BCUT2D eigenvalue weighted by molar-refractivity contribution is 8.78. The normalized spacial score (nSPS) is 37.0. The van der Waals surface area contributed by atoms with Crippen LogP contribution in [0.1, 0.15) is 18.1 Å². The molecule has 3 N–H and O–H groups in total. The number of likely N-dealkylation sites (N-methyl/N-ethyl adjacent to an activating group) is 1. The lowest BCUT2D eigenvalue weighted by atomic mass is 9.70. The molecule has 1 spiro atoms. The predicted molar refractivity (Wildman–Crippen MR) is 125 cm³/mol. The summed E-state index contributed by atoms with van der Waals surface area (Å²) in [4.78, 5) is 31.7. The Hall–Kier alpha value is -2.62. The number of hydrogen-bond donors (Lipinski definition) is 3. The molecule has 32 heavy (non-hydrogen) atoms. The van der Waals surface area contributed by atoms with Crippen LogP contribution in [0.4, 0.5) is 5.69 Å². The molecule has 4 saturated heterocycles. The van der Waals surface area contributed by atoms with Gasteiger partial charge in [0.2, 0.25) is 4.87 Å². The van der Waals surface area contributed by atoms with Gasteiger partial charge in [0.1, 0.15) is 12.3 Å². The monoisotopic (exact) mass is 464 g/mol. The topological polar surface area (TPSA) is 88.7 Å². The minimum Gasteiger partial charge on any atom is -0.388 e. The van der Waals surface area contributed by atoms with Gasteiger partial charge in [-0.25, -0.2) is 0 Å². The van der Waals surface area contributed by atoms with E-state index >= 15 is 0 Å². The molecule has 2 aromatic carbocycles. The lowest BCUT2D eigenvalue weighted by Gasteiger charge is -2.57. The highest BCUT2D eigenvalue weighted by atomic mass is 33.1. The van der Waals surface area contributed by atoms with Crippen LogP contribution in [-0.4, -0.2) is 60.8 Å². The summed E-state index contributed by atoms with van der Waals surface area (Å²) >= 11 is 0. The van der Waals surface area contributed by atoms with Crippen molar-refractivity contribution in [3.05, 3.63) is 65.9 Å². The van der Waals surface area contributed by atoms with E-state index in [4.69, 9.17) is 0 Å². The minimum absolute atomic E-state index is 0.158. The standard InChI is InChI=1S/C23H20N4O3S2/c1-21-19(29)27-18-22(13-8-4-6-10-16(13)25-18,14-11-24-15-9-5-3-7-12(14)15)17(28)23(27,32-31-21)20(30)26(21)2/h3-11,17-18,24-25,28H,1-2H3/t17-,18+,21+,22+,23+/m0/s1. The number of aromatic amines is 1. The van der Waals surface area contributed by atoms with Crippen molar-refractivity contribution in [2.45, 2.75) is 34.4 Å². The second kappa shape index (κ2) is 5.65. The number of anilines is 1. The largest absolute Gasteiger partial charge is 0.388 e. The van der Waals surface area contributed by atoms with Crippen LogP contribution in [0.5, 0.6) is 0 Å².